The Labute approximate surface area is 228 Å². The number of hydrogen-bond donors (Lipinski definition) is 1. The van der Waals surface area contributed by atoms with E-state index in [0.717, 1.165) is 23.5 Å². The van der Waals surface area contributed by atoms with Crippen LogP contribution in [0.3, 0.4) is 0 Å². The van der Waals surface area contributed by atoms with Crippen LogP contribution >= 0.6 is 0 Å². The number of rotatable bonds is 4. The van der Waals surface area contributed by atoms with Gasteiger partial charge in [-0.1, -0.05) is 87.9 Å². The van der Waals surface area contributed by atoms with Gasteiger partial charge in [-0.15, -0.1) is 0 Å². The van der Waals surface area contributed by atoms with Crippen molar-refractivity contribution in [3.63, 3.8) is 0 Å². The molecule has 3 aliphatic carbocycles. The minimum Gasteiger partial charge on any atom is -0.344 e. The molecule has 0 bridgehead atoms. The summed E-state index contributed by atoms with van der Waals surface area (Å²) in [5.41, 5.74) is 2.53. The fraction of sp³-hybridized carbons (Fsp3) is 0.588. The van der Waals surface area contributed by atoms with Gasteiger partial charge in [0.15, 0.2) is 0 Å². The number of nitrogens with one attached hydrogen (secondary N) is 1. The zero-order chi connectivity index (χ0) is 26.7. The van der Waals surface area contributed by atoms with Crippen LogP contribution < -0.4 is 5.32 Å². The van der Waals surface area contributed by atoms with Crippen molar-refractivity contribution in [3.8, 4) is 0 Å². The number of amides is 2. The number of benzene rings is 2. The van der Waals surface area contributed by atoms with Gasteiger partial charge in [-0.05, 0) is 84.2 Å². The summed E-state index contributed by atoms with van der Waals surface area (Å²) in [7, 11) is 1.96. The molecule has 0 aromatic heterocycles. The lowest BCUT2D eigenvalue weighted by molar-refractivity contribution is -0.176. The average molecular weight is 513 g/mol. The van der Waals surface area contributed by atoms with Crippen molar-refractivity contribution >= 4 is 11.8 Å². The highest BCUT2D eigenvalue weighted by Crippen LogP contribution is 2.66. The van der Waals surface area contributed by atoms with Gasteiger partial charge in [0.2, 0.25) is 11.8 Å². The van der Waals surface area contributed by atoms with Crippen molar-refractivity contribution in [1.82, 2.24) is 10.2 Å². The maximum Gasteiger partial charge on any atom is 0.235 e. The van der Waals surface area contributed by atoms with Crippen LogP contribution in [0.1, 0.15) is 82.9 Å². The second-order valence-electron chi connectivity index (χ2n) is 13.6. The predicted octanol–water partition coefficient (Wildman–Crippen LogP) is 6.62. The third-order valence-corrected chi connectivity index (χ3v) is 11.6. The molecular weight excluding hydrogens is 468 g/mol. The van der Waals surface area contributed by atoms with Crippen LogP contribution in [0.5, 0.6) is 0 Å². The molecule has 3 saturated carbocycles. The summed E-state index contributed by atoms with van der Waals surface area (Å²) < 4.78 is 0. The van der Waals surface area contributed by atoms with Gasteiger partial charge in [-0.3, -0.25) is 9.59 Å². The molecule has 6 rings (SSSR count). The Balaban J connectivity index is 1.30. The summed E-state index contributed by atoms with van der Waals surface area (Å²) in [5, 5.41) is 3.32. The summed E-state index contributed by atoms with van der Waals surface area (Å²) in [6.45, 7) is 7.42. The van der Waals surface area contributed by atoms with Crippen LogP contribution in [0, 0.1) is 40.4 Å². The molecule has 4 fully saturated rings. The van der Waals surface area contributed by atoms with E-state index >= 15 is 0 Å². The standard InChI is InChI=1S/C34H44N2O2/c1-22-20-28-34(3,27-17-19-33(2)18-11-16-26(33)29(22)27)21-25(32(38)36(28)4)31(37)35-30(23-12-7-5-8-13-23)24-14-9-6-10-15-24/h5-10,12-15,22,25-30H,11,16-21H2,1-4H3,(H,35,37)/t22?,25?,26-,27+,28?,29-,33-,34+/m0/s1. The Morgan fingerprint density at radius 3 is 2.21 bits per heavy atom. The third kappa shape index (κ3) is 4.01. The van der Waals surface area contributed by atoms with Crippen molar-refractivity contribution in [2.75, 3.05) is 7.05 Å². The van der Waals surface area contributed by atoms with Gasteiger partial charge in [0.05, 0.1) is 6.04 Å². The largest absolute Gasteiger partial charge is 0.344 e. The summed E-state index contributed by atoms with van der Waals surface area (Å²) >= 11 is 0. The van der Waals surface area contributed by atoms with Gasteiger partial charge in [0, 0.05) is 13.1 Å². The molecule has 1 aliphatic heterocycles. The molecule has 2 aromatic rings. The summed E-state index contributed by atoms with van der Waals surface area (Å²) in [6, 6.07) is 20.2. The number of nitrogens with zero attached hydrogens (tertiary/aromatic N) is 1. The highest BCUT2D eigenvalue weighted by Gasteiger charge is 2.63. The van der Waals surface area contributed by atoms with Crippen LogP contribution in [-0.4, -0.2) is 29.8 Å². The van der Waals surface area contributed by atoms with Crippen molar-refractivity contribution in [2.24, 2.45) is 40.4 Å². The smallest absolute Gasteiger partial charge is 0.235 e. The van der Waals surface area contributed by atoms with Gasteiger partial charge < -0.3 is 10.2 Å². The lowest BCUT2D eigenvalue weighted by atomic mass is 9.44. The highest BCUT2D eigenvalue weighted by atomic mass is 16.2. The van der Waals surface area contributed by atoms with E-state index in [1.54, 1.807) is 0 Å². The number of carbonyl (C=O) groups excluding carboxylic acids is 2. The first-order valence-electron chi connectivity index (χ1n) is 14.9. The van der Waals surface area contributed by atoms with E-state index in [-0.39, 0.29) is 29.3 Å². The molecule has 3 unspecified atom stereocenters. The predicted molar refractivity (Wildman–Crippen MR) is 151 cm³/mol. The average Bonchev–Trinajstić information content (AvgIpc) is 3.33. The Bertz CT molecular complexity index is 1140. The van der Waals surface area contributed by atoms with Crippen LogP contribution in [0.25, 0.3) is 0 Å². The third-order valence-electron chi connectivity index (χ3n) is 11.6. The molecule has 1 N–H and O–H groups in total. The first kappa shape index (κ1) is 25.6. The number of carbonyl (C=O) groups is 2. The molecule has 4 aliphatic rings. The Hall–Kier alpha value is -2.62. The second kappa shape index (κ2) is 9.54. The van der Waals surface area contributed by atoms with Crippen LogP contribution in [-0.2, 0) is 9.59 Å². The Morgan fingerprint density at radius 2 is 1.58 bits per heavy atom. The molecule has 0 spiro atoms. The van der Waals surface area contributed by atoms with E-state index in [4.69, 9.17) is 0 Å². The molecule has 0 radical (unpaired) electrons. The quantitative estimate of drug-likeness (QED) is 0.468. The molecule has 1 saturated heterocycles. The van der Waals surface area contributed by atoms with E-state index < -0.39 is 5.92 Å². The van der Waals surface area contributed by atoms with Crippen molar-refractivity contribution < 1.29 is 9.59 Å². The molecule has 1 heterocycles. The zero-order valence-corrected chi connectivity index (χ0v) is 23.5. The van der Waals surface area contributed by atoms with E-state index in [1.807, 2.05) is 48.3 Å². The number of piperidine rings is 1. The maximum absolute atomic E-state index is 14.0. The van der Waals surface area contributed by atoms with Crippen LogP contribution in [0.15, 0.2) is 60.7 Å². The van der Waals surface area contributed by atoms with E-state index in [9.17, 15) is 9.59 Å². The lowest BCUT2D eigenvalue weighted by Gasteiger charge is -2.64. The Kier molecular flexibility index (Phi) is 6.44. The fourth-order valence-electron chi connectivity index (χ4n) is 9.69. The van der Waals surface area contributed by atoms with Crippen molar-refractivity contribution in [2.45, 2.75) is 77.8 Å². The number of fused-ring (bicyclic) bond motifs is 5. The monoisotopic (exact) mass is 512 g/mol. The fourth-order valence-corrected chi connectivity index (χ4v) is 9.69. The molecular formula is C34H44N2O2. The lowest BCUT2D eigenvalue weighted by Crippen LogP contribution is -2.66. The minimum atomic E-state index is -0.637. The first-order valence-corrected chi connectivity index (χ1v) is 14.9. The molecule has 2 amide bonds. The maximum atomic E-state index is 14.0. The summed E-state index contributed by atoms with van der Waals surface area (Å²) in [5.74, 6) is 1.95. The highest BCUT2D eigenvalue weighted by molar-refractivity contribution is 6.01. The first-order chi connectivity index (χ1) is 18.2. The second-order valence-corrected chi connectivity index (χ2v) is 13.6. The minimum absolute atomic E-state index is 0.00277. The molecule has 38 heavy (non-hydrogen) atoms. The molecule has 8 atom stereocenters. The molecule has 4 nitrogen and oxygen atoms in total. The normalized spacial score (nSPS) is 38.3. The van der Waals surface area contributed by atoms with E-state index in [0.29, 0.717) is 29.6 Å². The molecule has 4 heteroatoms. The van der Waals surface area contributed by atoms with Crippen LogP contribution in [0.2, 0.25) is 0 Å². The molecule has 2 aromatic carbocycles. The van der Waals surface area contributed by atoms with Gasteiger partial charge in [0.1, 0.15) is 5.92 Å². The van der Waals surface area contributed by atoms with Crippen molar-refractivity contribution in [3.05, 3.63) is 71.8 Å². The topological polar surface area (TPSA) is 49.4 Å². The number of likely N-dealkylation sites (tertiary alicyclic amines) is 1. The SMILES string of the molecule is CC1CC2N(C)C(=O)C(C(=O)NC(c3ccccc3)c3ccccc3)C[C@]2(C)[C@@H]2CC[C@]3(C)CCC[C@H]3[C@H]12. The van der Waals surface area contributed by atoms with Gasteiger partial charge in [-0.25, -0.2) is 0 Å². The van der Waals surface area contributed by atoms with Gasteiger partial charge in [-0.2, -0.15) is 0 Å². The van der Waals surface area contributed by atoms with Gasteiger partial charge >= 0.3 is 0 Å². The van der Waals surface area contributed by atoms with Gasteiger partial charge in [0.25, 0.3) is 0 Å². The van der Waals surface area contributed by atoms with Crippen LogP contribution in [0.4, 0.5) is 0 Å². The van der Waals surface area contributed by atoms with E-state index in [1.165, 1.54) is 32.1 Å². The van der Waals surface area contributed by atoms with E-state index in [2.05, 4.69) is 50.4 Å². The number of hydrogen-bond acceptors (Lipinski definition) is 2. The zero-order valence-electron chi connectivity index (χ0n) is 23.5. The summed E-state index contributed by atoms with van der Waals surface area (Å²) in [6.07, 6.45) is 8.36. The Morgan fingerprint density at radius 1 is 0.947 bits per heavy atom. The molecule has 202 valence electrons. The summed E-state index contributed by atoms with van der Waals surface area (Å²) in [4.78, 5) is 29.8. The van der Waals surface area contributed by atoms with Crippen molar-refractivity contribution in [1.29, 1.82) is 0 Å².